The Hall–Kier alpha value is -2.12. The first kappa shape index (κ1) is 10.8. The van der Waals surface area contributed by atoms with Gasteiger partial charge in [-0.2, -0.15) is 0 Å². The molecule has 0 bridgehead atoms. The number of benzene rings is 3. The molecule has 0 spiro atoms. The van der Waals surface area contributed by atoms with Crippen LogP contribution >= 0.6 is 0 Å². The van der Waals surface area contributed by atoms with E-state index in [1.54, 1.807) is 0 Å². The van der Waals surface area contributed by atoms with Gasteiger partial charge in [-0.05, 0) is 27.5 Å². The van der Waals surface area contributed by atoms with Crippen LogP contribution in [0.2, 0.25) is 0 Å². The molecule has 1 unspecified atom stereocenters. The first-order valence-electron chi connectivity index (χ1n) is 6.60. The molecule has 1 atom stereocenters. The van der Waals surface area contributed by atoms with Crippen molar-refractivity contribution in [2.45, 2.75) is 12.7 Å². The summed E-state index contributed by atoms with van der Waals surface area (Å²) in [6, 6.07) is 23.4. The summed E-state index contributed by atoms with van der Waals surface area (Å²) < 4.78 is 6.02. The molecule has 0 aliphatic carbocycles. The quantitative estimate of drug-likeness (QED) is 0.616. The fourth-order valence-electron chi connectivity index (χ4n) is 2.92. The van der Waals surface area contributed by atoms with Crippen LogP contribution in [0.25, 0.3) is 10.8 Å². The zero-order valence-electron chi connectivity index (χ0n) is 10.5. The number of hydrogen-bond acceptors (Lipinski definition) is 1. The van der Waals surface area contributed by atoms with Gasteiger partial charge in [-0.15, -0.1) is 0 Å². The van der Waals surface area contributed by atoms with Crippen LogP contribution in [0.4, 0.5) is 0 Å². The van der Waals surface area contributed by atoms with Crippen LogP contribution in [0.5, 0.6) is 0 Å². The molecule has 3 aromatic carbocycles. The van der Waals surface area contributed by atoms with E-state index < -0.39 is 0 Å². The molecule has 1 heterocycles. The largest absolute Gasteiger partial charge is 0.364 e. The lowest BCUT2D eigenvalue weighted by Crippen LogP contribution is -1.99. The minimum Gasteiger partial charge on any atom is -0.364 e. The highest BCUT2D eigenvalue weighted by Gasteiger charge is 2.25. The van der Waals surface area contributed by atoms with E-state index in [0.717, 1.165) is 0 Å². The van der Waals surface area contributed by atoms with Crippen LogP contribution in [0, 0.1) is 0 Å². The molecule has 1 aliphatic rings. The van der Waals surface area contributed by atoms with Gasteiger partial charge in [-0.3, -0.25) is 0 Å². The molecule has 1 nitrogen and oxygen atoms in total. The number of hydrogen-bond donors (Lipinski definition) is 0. The Balaban J connectivity index is 1.93. The highest BCUT2D eigenvalue weighted by molar-refractivity contribution is 5.86. The summed E-state index contributed by atoms with van der Waals surface area (Å²) in [5.41, 5.74) is 3.88. The van der Waals surface area contributed by atoms with Gasteiger partial charge in [-0.25, -0.2) is 0 Å². The minimum atomic E-state index is 0.0716. The molecule has 3 aromatic rings. The topological polar surface area (TPSA) is 9.23 Å². The first-order chi connectivity index (χ1) is 9.43. The third kappa shape index (κ3) is 1.66. The van der Waals surface area contributed by atoms with Crippen molar-refractivity contribution in [1.82, 2.24) is 0 Å². The van der Waals surface area contributed by atoms with Crippen molar-refractivity contribution in [3.05, 3.63) is 83.4 Å². The molecule has 0 radical (unpaired) electrons. The van der Waals surface area contributed by atoms with E-state index >= 15 is 0 Å². The van der Waals surface area contributed by atoms with Crippen molar-refractivity contribution < 1.29 is 4.74 Å². The Morgan fingerprint density at radius 2 is 1.47 bits per heavy atom. The Morgan fingerprint density at radius 3 is 2.47 bits per heavy atom. The van der Waals surface area contributed by atoms with Crippen LogP contribution in [0.3, 0.4) is 0 Å². The predicted octanol–water partition coefficient (Wildman–Crippen LogP) is 4.46. The molecule has 0 fully saturated rings. The summed E-state index contributed by atoms with van der Waals surface area (Å²) in [6.07, 6.45) is 0.0716. The van der Waals surface area contributed by atoms with Crippen molar-refractivity contribution in [3.8, 4) is 0 Å². The van der Waals surface area contributed by atoms with Gasteiger partial charge in [0.25, 0.3) is 0 Å². The Bertz CT molecular complexity index is 740. The summed E-state index contributed by atoms with van der Waals surface area (Å²) in [4.78, 5) is 0. The van der Waals surface area contributed by atoms with Crippen molar-refractivity contribution in [1.29, 1.82) is 0 Å². The average Bonchev–Trinajstić information content (AvgIpc) is 2.90. The second-order valence-corrected chi connectivity index (χ2v) is 4.96. The molecule has 19 heavy (non-hydrogen) atoms. The predicted molar refractivity (Wildman–Crippen MR) is 77.0 cm³/mol. The van der Waals surface area contributed by atoms with Gasteiger partial charge in [-0.1, -0.05) is 66.7 Å². The van der Waals surface area contributed by atoms with E-state index in [2.05, 4.69) is 66.7 Å². The molecule has 0 N–H and O–H groups in total. The molecule has 1 aliphatic heterocycles. The maximum atomic E-state index is 6.02. The first-order valence-corrected chi connectivity index (χ1v) is 6.60. The van der Waals surface area contributed by atoms with Crippen molar-refractivity contribution in [2.75, 3.05) is 0 Å². The maximum Gasteiger partial charge on any atom is 0.109 e. The van der Waals surface area contributed by atoms with Crippen molar-refractivity contribution in [2.24, 2.45) is 0 Å². The maximum absolute atomic E-state index is 6.02. The summed E-state index contributed by atoms with van der Waals surface area (Å²) in [7, 11) is 0. The average molecular weight is 246 g/mol. The van der Waals surface area contributed by atoms with Crippen molar-refractivity contribution >= 4 is 10.8 Å². The Kier molecular flexibility index (Phi) is 2.39. The zero-order valence-corrected chi connectivity index (χ0v) is 10.5. The second-order valence-electron chi connectivity index (χ2n) is 4.96. The summed E-state index contributed by atoms with van der Waals surface area (Å²) in [6.45, 7) is 0.712. The molecule has 0 amide bonds. The summed E-state index contributed by atoms with van der Waals surface area (Å²) in [5.74, 6) is 0. The second kappa shape index (κ2) is 4.22. The highest BCUT2D eigenvalue weighted by Crippen LogP contribution is 2.38. The summed E-state index contributed by atoms with van der Waals surface area (Å²) in [5, 5.41) is 2.56. The number of fused-ring (bicyclic) bond motifs is 2. The molecule has 0 aromatic heterocycles. The van der Waals surface area contributed by atoms with E-state index in [1.807, 2.05) is 0 Å². The van der Waals surface area contributed by atoms with Crippen LogP contribution in [-0.2, 0) is 11.3 Å². The lowest BCUT2D eigenvalue weighted by atomic mass is 9.95. The van der Waals surface area contributed by atoms with E-state index in [1.165, 1.54) is 27.5 Å². The molecule has 0 saturated carbocycles. The van der Waals surface area contributed by atoms with E-state index in [-0.39, 0.29) is 6.10 Å². The standard InChI is InChI=1S/C18H14O/c1-3-9-15-13(6-1)8-5-11-17(15)18-16-10-4-2-7-14(16)12-19-18/h1-11,18H,12H2. The smallest absolute Gasteiger partial charge is 0.109 e. The molecule has 1 heteroatoms. The Labute approximate surface area is 112 Å². The fraction of sp³-hybridized carbons (Fsp3) is 0.111. The molecule has 4 rings (SSSR count). The molecular weight excluding hydrogens is 232 g/mol. The minimum absolute atomic E-state index is 0.0716. The SMILES string of the molecule is c1ccc2c(c1)COC2c1cccc2ccccc12. The lowest BCUT2D eigenvalue weighted by molar-refractivity contribution is 0.0949. The van der Waals surface area contributed by atoms with Gasteiger partial charge in [0, 0.05) is 0 Å². The van der Waals surface area contributed by atoms with Gasteiger partial charge in [0.2, 0.25) is 0 Å². The third-order valence-corrected chi connectivity index (χ3v) is 3.85. The van der Waals surface area contributed by atoms with Gasteiger partial charge in [0.1, 0.15) is 6.10 Å². The van der Waals surface area contributed by atoms with Gasteiger partial charge < -0.3 is 4.74 Å². The lowest BCUT2D eigenvalue weighted by Gasteiger charge is -2.14. The van der Waals surface area contributed by atoms with Gasteiger partial charge in [0.15, 0.2) is 0 Å². The Morgan fingerprint density at radius 1 is 0.737 bits per heavy atom. The van der Waals surface area contributed by atoms with Gasteiger partial charge in [0.05, 0.1) is 6.61 Å². The monoisotopic (exact) mass is 246 g/mol. The summed E-state index contributed by atoms with van der Waals surface area (Å²) >= 11 is 0. The van der Waals surface area contributed by atoms with Crippen LogP contribution in [0.1, 0.15) is 22.8 Å². The van der Waals surface area contributed by atoms with Crippen molar-refractivity contribution in [3.63, 3.8) is 0 Å². The van der Waals surface area contributed by atoms with E-state index in [4.69, 9.17) is 4.74 Å². The molecular formula is C18H14O. The van der Waals surface area contributed by atoms with E-state index in [0.29, 0.717) is 6.61 Å². The zero-order chi connectivity index (χ0) is 12.7. The fourth-order valence-corrected chi connectivity index (χ4v) is 2.92. The highest BCUT2D eigenvalue weighted by atomic mass is 16.5. The van der Waals surface area contributed by atoms with Crippen LogP contribution < -0.4 is 0 Å². The van der Waals surface area contributed by atoms with E-state index in [9.17, 15) is 0 Å². The molecule has 92 valence electrons. The normalized spacial score (nSPS) is 17.6. The third-order valence-electron chi connectivity index (χ3n) is 3.85. The number of rotatable bonds is 1. The molecule has 0 saturated heterocycles. The van der Waals surface area contributed by atoms with Crippen LogP contribution in [-0.4, -0.2) is 0 Å². The number of ether oxygens (including phenoxy) is 1. The van der Waals surface area contributed by atoms with Gasteiger partial charge >= 0.3 is 0 Å². The van der Waals surface area contributed by atoms with Crippen LogP contribution in [0.15, 0.2) is 66.7 Å².